The first kappa shape index (κ1) is 13.1. The first-order chi connectivity index (χ1) is 8.15. The third kappa shape index (κ3) is 3.82. The van der Waals surface area contributed by atoms with Gasteiger partial charge in [-0.15, -0.1) is 0 Å². The predicted molar refractivity (Wildman–Crippen MR) is 72.0 cm³/mol. The lowest BCUT2D eigenvalue weighted by Gasteiger charge is -2.32. The summed E-state index contributed by atoms with van der Waals surface area (Å²) in [5.41, 5.74) is 1.58. The van der Waals surface area contributed by atoms with Gasteiger partial charge in [0.05, 0.1) is 6.61 Å². The number of hydrogen-bond acceptors (Lipinski definition) is 2. The van der Waals surface area contributed by atoms with Crippen molar-refractivity contribution in [1.82, 2.24) is 5.32 Å². The Bertz CT molecular complexity index is 274. The molecule has 2 nitrogen and oxygen atoms in total. The van der Waals surface area contributed by atoms with E-state index in [9.17, 15) is 0 Å². The zero-order valence-corrected chi connectivity index (χ0v) is 11.5. The number of ether oxygens (including phenoxy) is 1. The van der Waals surface area contributed by atoms with Gasteiger partial charge in [0, 0.05) is 12.6 Å². The molecule has 4 atom stereocenters. The zero-order valence-electron chi connectivity index (χ0n) is 11.5. The van der Waals surface area contributed by atoms with Crippen molar-refractivity contribution < 1.29 is 4.74 Å². The van der Waals surface area contributed by atoms with Crippen LogP contribution in [0.3, 0.4) is 0 Å². The molecular formula is C15H27NO. The van der Waals surface area contributed by atoms with E-state index in [1.165, 1.54) is 25.8 Å². The molecule has 2 aliphatic rings. The summed E-state index contributed by atoms with van der Waals surface area (Å²) in [5, 5.41) is 3.77. The average Bonchev–Trinajstić information content (AvgIpc) is 2.27. The van der Waals surface area contributed by atoms with E-state index in [0.29, 0.717) is 12.0 Å². The molecule has 4 unspecified atom stereocenters. The van der Waals surface area contributed by atoms with Gasteiger partial charge < -0.3 is 10.1 Å². The van der Waals surface area contributed by atoms with Crippen molar-refractivity contribution in [2.24, 2.45) is 17.8 Å². The highest BCUT2D eigenvalue weighted by atomic mass is 16.5. The summed E-state index contributed by atoms with van der Waals surface area (Å²) in [4.78, 5) is 0. The van der Waals surface area contributed by atoms with Crippen LogP contribution in [0.1, 0.15) is 40.0 Å². The maximum absolute atomic E-state index is 5.49. The fourth-order valence-corrected chi connectivity index (χ4v) is 3.34. The largest absolute Gasteiger partial charge is 0.381 e. The van der Waals surface area contributed by atoms with Crippen LogP contribution in [-0.2, 0) is 4.74 Å². The Balaban J connectivity index is 1.76. The van der Waals surface area contributed by atoms with E-state index >= 15 is 0 Å². The van der Waals surface area contributed by atoms with Crippen LogP contribution in [0.25, 0.3) is 0 Å². The molecule has 0 saturated carbocycles. The number of nitrogens with one attached hydrogen (secondary N) is 1. The van der Waals surface area contributed by atoms with E-state index in [-0.39, 0.29) is 0 Å². The highest BCUT2D eigenvalue weighted by Crippen LogP contribution is 2.27. The van der Waals surface area contributed by atoms with Crippen molar-refractivity contribution in [2.45, 2.75) is 46.1 Å². The molecule has 1 aliphatic heterocycles. The summed E-state index contributed by atoms with van der Waals surface area (Å²) >= 11 is 0. The normalized spacial score (nSPS) is 38.9. The summed E-state index contributed by atoms with van der Waals surface area (Å²) in [5.74, 6) is 2.27. The SMILES string of the molecule is CC1=CC(C)CC(CNC2CCOCC2C)C1. The molecule has 0 bridgehead atoms. The molecule has 0 radical (unpaired) electrons. The van der Waals surface area contributed by atoms with E-state index in [4.69, 9.17) is 4.74 Å². The second-order valence-electron chi connectivity index (χ2n) is 6.15. The first-order valence-corrected chi connectivity index (χ1v) is 7.13. The van der Waals surface area contributed by atoms with Gasteiger partial charge in [-0.1, -0.05) is 25.5 Å². The molecule has 2 heteroatoms. The van der Waals surface area contributed by atoms with Crippen LogP contribution >= 0.6 is 0 Å². The standard InChI is InChI=1S/C15H27NO/c1-11-6-12(2)8-14(7-11)9-16-15-4-5-17-10-13(15)3/h6,11,13-16H,4-5,7-10H2,1-3H3. The quantitative estimate of drug-likeness (QED) is 0.762. The van der Waals surface area contributed by atoms with E-state index in [1.54, 1.807) is 5.57 Å². The minimum absolute atomic E-state index is 0.668. The Hall–Kier alpha value is -0.340. The van der Waals surface area contributed by atoms with Crippen LogP contribution in [0.2, 0.25) is 0 Å². The van der Waals surface area contributed by atoms with Crippen LogP contribution in [0.15, 0.2) is 11.6 Å². The van der Waals surface area contributed by atoms with E-state index < -0.39 is 0 Å². The van der Waals surface area contributed by atoms with Gasteiger partial charge in [0.15, 0.2) is 0 Å². The van der Waals surface area contributed by atoms with Crippen LogP contribution in [0.4, 0.5) is 0 Å². The number of allylic oxidation sites excluding steroid dienone is 2. The second-order valence-corrected chi connectivity index (χ2v) is 6.15. The first-order valence-electron chi connectivity index (χ1n) is 7.13. The van der Waals surface area contributed by atoms with Crippen molar-refractivity contribution >= 4 is 0 Å². The van der Waals surface area contributed by atoms with Gasteiger partial charge in [-0.25, -0.2) is 0 Å². The third-order valence-electron chi connectivity index (χ3n) is 4.19. The van der Waals surface area contributed by atoms with Gasteiger partial charge >= 0.3 is 0 Å². The molecular weight excluding hydrogens is 210 g/mol. The summed E-state index contributed by atoms with van der Waals surface area (Å²) in [6.45, 7) is 9.96. The maximum atomic E-state index is 5.49. The molecule has 98 valence electrons. The lowest BCUT2D eigenvalue weighted by molar-refractivity contribution is 0.0377. The Morgan fingerprint density at radius 3 is 2.94 bits per heavy atom. The third-order valence-corrected chi connectivity index (χ3v) is 4.19. The molecule has 0 aromatic carbocycles. The van der Waals surface area contributed by atoms with Crippen LogP contribution in [-0.4, -0.2) is 25.8 Å². The van der Waals surface area contributed by atoms with Gasteiger partial charge in [-0.2, -0.15) is 0 Å². The number of hydrogen-bond donors (Lipinski definition) is 1. The van der Waals surface area contributed by atoms with Gasteiger partial charge in [0.25, 0.3) is 0 Å². The van der Waals surface area contributed by atoms with E-state index in [1.807, 2.05) is 0 Å². The van der Waals surface area contributed by atoms with Crippen LogP contribution in [0, 0.1) is 17.8 Å². The topological polar surface area (TPSA) is 21.3 Å². The van der Waals surface area contributed by atoms with Gasteiger partial charge in [-0.05, 0) is 50.5 Å². The fraction of sp³-hybridized carbons (Fsp3) is 0.867. The molecule has 1 fully saturated rings. The fourth-order valence-electron chi connectivity index (χ4n) is 3.34. The Labute approximate surface area is 106 Å². The van der Waals surface area contributed by atoms with E-state index in [0.717, 1.165) is 25.0 Å². The zero-order chi connectivity index (χ0) is 12.3. The Kier molecular flexibility index (Phi) is 4.63. The molecule has 0 spiro atoms. The van der Waals surface area contributed by atoms with Gasteiger partial charge in [0.2, 0.25) is 0 Å². The Morgan fingerprint density at radius 1 is 1.41 bits per heavy atom. The van der Waals surface area contributed by atoms with Gasteiger partial charge in [0.1, 0.15) is 0 Å². The molecule has 0 aromatic rings. The number of rotatable bonds is 3. The highest BCUT2D eigenvalue weighted by molar-refractivity contribution is 5.06. The predicted octanol–water partition coefficient (Wildman–Crippen LogP) is 2.99. The van der Waals surface area contributed by atoms with Crippen molar-refractivity contribution in [3.05, 3.63) is 11.6 Å². The molecule has 1 aliphatic carbocycles. The average molecular weight is 237 g/mol. The Morgan fingerprint density at radius 2 is 2.24 bits per heavy atom. The molecule has 1 heterocycles. The smallest absolute Gasteiger partial charge is 0.0506 e. The molecule has 1 N–H and O–H groups in total. The minimum atomic E-state index is 0.668. The summed E-state index contributed by atoms with van der Waals surface area (Å²) in [6.07, 6.45) is 6.25. The molecule has 0 amide bonds. The van der Waals surface area contributed by atoms with Crippen LogP contribution in [0.5, 0.6) is 0 Å². The van der Waals surface area contributed by atoms with E-state index in [2.05, 4.69) is 32.2 Å². The van der Waals surface area contributed by atoms with Crippen molar-refractivity contribution in [2.75, 3.05) is 19.8 Å². The van der Waals surface area contributed by atoms with Crippen molar-refractivity contribution in [3.8, 4) is 0 Å². The lowest BCUT2D eigenvalue weighted by atomic mass is 9.83. The monoisotopic (exact) mass is 237 g/mol. The summed E-state index contributed by atoms with van der Waals surface area (Å²) < 4.78 is 5.49. The molecule has 17 heavy (non-hydrogen) atoms. The summed E-state index contributed by atoms with van der Waals surface area (Å²) in [6, 6.07) is 0.672. The molecule has 1 saturated heterocycles. The van der Waals surface area contributed by atoms with Crippen LogP contribution < -0.4 is 5.32 Å². The molecule has 0 aromatic heterocycles. The van der Waals surface area contributed by atoms with Gasteiger partial charge in [-0.3, -0.25) is 0 Å². The molecule has 2 rings (SSSR count). The highest BCUT2D eigenvalue weighted by Gasteiger charge is 2.24. The lowest BCUT2D eigenvalue weighted by Crippen LogP contribution is -2.43. The maximum Gasteiger partial charge on any atom is 0.0506 e. The van der Waals surface area contributed by atoms with Crippen molar-refractivity contribution in [1.29, 1.82) is 0 Å². The second kappa shape index (κ2) is 6.01. The van der Waals surface area contributed by atoms with Crippen molar-refractivity contribution in [3.63, 3.8) is 0 Å². The summed E-state index contributed by atoms with van der Waals surface area (Å²) in [7, 11) is 0. The minimum Gasteiger partial charge on any atom is -0.381 e.